The number of carbonyl (C=O) groups is 3. The van der Waals surface area contributed by atoms with Gasteiger partial charge in [-0.3, -0.25) is 14.4 Å². The van der Waals surface area contributed by atoms with E-state index in [4.69, 9.17) is 0 Å². The number of Topliss-reactive ketones (excluding diaryl/α,β-unsaturated/α-hetero) is 1. The number of carbonyl (C=O) groups excluding carboxylic acids is 3. The molecule has 33 heavy (non-hydrogen) atoms. The number of hydrogen-bond acceptors (Lipinski definition) is 5. The molecule has 3 aliphatic heterocycles. The summed E-state index contributed by atoms with van der Waals surface area (Å²) in [6.07, 6.45) is 3.86. The van der Waals surface area contributed by atoms with Gasteiger partial charge in [0.2, 0.25) is 11.8 Å². The van der Waals surface area contributed by atoms with Crippen LogP contribution >= 0.6 is 11.3 Å². The van der Waals surface area contributed by atoms with Crippen molar-refractivity contribution in [2.45, 2.75) is 25.9 Å². The number of imide groups is 1. The number of rotatable bonds is 3. The van der Waals surface area contributed by atoms with Crippen LogP contribution in [-0.2, 0) is 9.59 Å². The van der Waals surface area contributed by atoms with Crippen molar-refractivity contribution in [3.8, 4) is 0 Å². The maximum atomic E-state index is 13.9. The quantitative estimate of drug-likeness (QED) is 0.423. The van der Waals surface area contributed by atoms with E-state index in [0.717, 1.165) is 22.3 Å². The van der Waals surface area contributed by atoms with Crippen LogP contribution in [-0.4, -0.2) is 28.5 Å². The van der Waals surface area contributed by atoms with Crippen molar-refractivity contribution < 1.29 is 14.4 Å². The summed E-state index contributed by atoms with van der Waals surface area (Å²) < 4.78 is 0. The molecule has 0 aliphatic carbocycles. The Morgan fingerprint density at radius 2 is 1.70 bits per heavy atom. The lowest BCUT2D eigenvalue weighted by Crippen LogP contribution is -2.44. The summed E-state index contributed by atoms with van der Waals surface area (Å²) in [6, 6.07) is 16.2. The van der Waals surface area contributed by atoms with E-state index in [1.54, 1.807) is 6.07 Å². The van der Waals surface area contributed by atoms with E-state index < -0.39 is 17.9 Å². The number of amides is 2. The highest BCUT2D eigenvalue weighted by Crippen LogP contribution is 2.54. The molecule has 2 amide bonds. The normalized spacial score (nSPS) is 25.3. The predicted molar refractivity (Wildman–Crippen MR) is 128 cm³/mol. The Labute approximate surface area is 195 Å². The third-order valence-corrected chi connectivity index (χ3v) is 8.20. The topological polar surface area (TPSA) is 57.7 Å². The van der Waals surface area contributed by atoms with Gasteiger partial charge in [-0.15, -0.1) is 11.3 Å². The molecule has 2 saturated heterocycles. The lowest BCUT2D eigenvalue weighted by molar-refractivity contribution is -0.123. The van der Waals surface area contributed by atoms with E-state index in [9.17, 15) is 14.4 Å². The van der Waals surface area contributed by atoms with Crippen molar-refractivity contribution in [3.05, 3.63) is 93.3 Å². The molecule has 4 heterocycles. The van der Waals surface area contributed by atoms with Crippen molar-refractivity contribution in [1.29, 1.82) is 0 Å². The van der Waals surface area contributed by atoms with Crippen LogP contribution in [0.25, 0.3) is 6.08 Å². The molecule has 3 aromatic rings. The molecule has 2 aromatic carbocycles. The van der Waals surface area contributed by atoms with Gasteiger partial charge in [-0.2, -0.15) is 0 Å². The van der Waals surface area contributed by atoms with Gasteiger partial charge in [0.15, 0.2) is 5.78 Å². The van der Waals surface area contributed by atoms with Crippen molar-refractivity contribution >= 4 is 40.7 Å². The first-order valence-corrected chi connectivity index (χ1v) is 11.9. The first-order valence-electron chi connectivity index (χ1n) is 11.1. The molecule has 164 valence electrons. The minimum absolute atomic E-state index is 0.101. The molecular formula is C27H22N2O3S. The van der Waals surface area contributed by atoms with Gasteiger partial charge in [0.1, 0.15) is 6.04 Å². The van der Waals surface area contributed by atoms with Gasteiger partial charge in [0, 0.05) is 6.20 Å². The molecule has 1 aromatic heterocycles. The fraction of sp³-hybridized carbons (Fsp3) is 0.222. The maximum Gasteiger partial charge on any atom is 0.240 e. The molecule has 3 aliphatic rings. The van der Waals surface area contributed by atoms with Crippen LogP contribution in [0.5, 0.6) is 0 Å². The second-order valence-corrected chi connectivity index (χ2v) is 9.85. The number of hydrogen-bond donors (Lipinski definition) is 0. The molecule has 0 bridgehead atoms. The van der Waals surface area contributed by atoms with Crippen molar-refractivity contribution in [2.24, 2.45) is 11.8 Å². The molecule has 6 heteroatoms. The number of benzene rings is 2. The van der Waals surface area contributed by atoms with Crippen LogP contribution in [0.4, 0.5) is 5.69 Å². The first-order chi connectivity index (χ1) is 16.0. The highest BCUT2D eigenvalue weighted by Gasteiger charge is 2.64. The van der Waals surface area contributed by atoms with E-state index in [1.165, 1.54) is 16.2 Å². The largest absolute Gasteiger partial charge is 0.358 e. The second kappa shape index (κ2) is 7.25. The Morgan fingerprint density at radius 3 is 2.48 bits per heavy atom. The molecule has 0 radical (unpaired) electrons. The summed E-state index contributed by atoms with van der Waals surface area (Å²) in [5.41, 5.74) is 4.55. The van der Waals surface area contributed by atoms with E-state index in [0.29, 0.717) is 10.6 Å². The number of ketones is 1. The number of anilines is 1. The van der Waals surface area contributed by atoms with Crippen molar-refractivity contribution in [2.75, 3.05) is 4.90 Å². The predicted octanol–water partition coefficient (Wildman–Crippen LogP) is 4.76. The van der Waals surface area contributed by atoms with Crippen LogP contribution in [0.2, 0.25) is 0 Å². The fourth-order valence-electron chi connectivity index (χ4n) is 5.64. The first kappa shape index (κ1) is 20.1. The van der Waals surface area contributed by atoms with Crippen LogP contribution in [0.1, 0.15) is 38.0 Å². The fourth-order valence-corrected chi connectivity index (χ4v) is 6.33. The summed E-state index contributed by atoms with van der Waals surface area (Å²) >= 11 is 1.37. The minimum Gasteiger partial charge on any atom is -0.358 e. The molecule has 6 rings (SSSR count). The Morgan fingerprint density at radius 1 is 0.909 bits per heavy atom. The Balaban J connectivity index is 1.52. The van der Waals surface area contributed by atoms with Crippen LogP contribution < -0.4 is 4.90 Å². The third-order valence-electron chi connectivity index (χ3n) is 7.31. The highest BCUT2D eigenvalue weighted by atomic mass is 32.1. The average Bonchev–Trinajstić information content (AvgIpc) is 3.52. The number of aryl methyl sites for hydroxylation is 1. The lowest BCUT2D eigenvalue weighted by Gasteiger charge is -2.35. The van der Waals surface area contributed by atoms with Crippen molar-refractivity contribution in [1.82, 2.24) is 4.90 Å². The Hall–Kier alpha value is -3.51. The van der Waals surface area contributed by atoms with Crippen LogP contribution in [0.15, 0.2) is 66.2 Å². The monoisotopic (exact) mass is 454 g/mol. The second-order valence-electron chi connectivity index (χ2n) is 8.91. The maximum absolute atomic E-state index is 13.9. The van der Waals surface area contributed by atoms with Gasteiger partial charge in [0.05, 0.1) is 28.4 Å². The number of nitrogens with zero attached hydrogens (tertiary/aromatic N) is 2. The van der Waals surface area contributed by atoms with Gasteiger partial charge in [-0.1, -0.05) is 42.5 Å². The van der Waals surface area contributed by atoms with Gasteiger partial charge >= 0.3 is 0 Å². The Kier molecular flexibility index (Phi) is 4.42. The van der Waals surface area contributed by atoms with E-state index in [1.807, 2.05) is 84.9 Å². The Bertz CT molecular complexity index is 1340. The third kappa shape index (κ3) is 2.74. The number of thiophene rings is 1. The zero-order valence-electron chi connectivity index (χ0n) is 18.3. The highest BCUT2D eigenvalue weighted by molar-refractivity contribution is 7.12. The standard InChI is InChI=1S/C27H22N2O3S/c1-15-7-5-10-19(16(15)2)29-26(31)21-22(27(29)32)24(25(30)20-11-6-14-33-20)28-13-12-17-8-3-4-9-18(17)23(21)28/h3-14,21-24H,1-2H3/t21-,22+,23-,24-/m0/s1. The van der Waals surface area contributed by atoms with Gasteiger partial charge in [-0.05, 0) is 59.7 Å². The van der Waals surface area contributed by atoms with Crippen LogP contribution in [0.3, 0.4) is 0 Å². The molecule has 0 spiro atoms. The molecule has 2 fully saturated rings. The zero-order valence-corrected chi connectivity index (χ0v) is 19.1. The van der Waals surface area contributed by atoms with Gasteiger partial charge in [0.25, 0.3) is 0 Å². The molecule has 5 nitrogen and oxygen atoms in total. The van der Waals surface area contributed by atoms with Crippen LogP contribution in [0, 0.1) is 25.7 Å². The molecule has 0 unspecified atom stereocenters. The summed E-state index contributed by atoms with van der Waals surface area (Å²) in [7, 11) is 0. The van der Waals surface area contributed by atoms with Gasteiger partial charge in [-0.25, -0.2) is 4.90 Å². The minimum atomic E-state index is -0.729. The molecular weight excluding hydrogens is 432 g/mol. The van der Waals surface area contributed by atoms with E-state index in [2.05, 4.69) is 0 Å². The average molecular weight is 455 g/mol. The summed E-state index contributed by atoms with van der Waals surface area (Å²) in [6.45, 7) is 3.90. The smallest absolute Gasteiger partial charge is 0.240 e. The molecule has 0 N–H and O–H groups in total. The SMILES string of the molecule is Cc1cccc(N2C(=O)[C@@H]3[C@H](C2=O)[C@@H]2c4ccccc4C=CN2[C@@H]3C(=O)c2cccs2)c1C. The summed E-state index contributed by atoms with van der Waals surface area (Å²) in [4.78, 5) is 45.4. The van der Waals surface area contributed by atoms with E-state index >= 15 is 0 Å². The summed E-state index contributed by atoms with van der Waals surface area (Å²) in [5, 5.41) is 1.86. The zero-order chi connectivity index (χ0) is 22.9. The van der Waals surface area contributed by atoms with Gasteiger partial charge < -0.3 is 4.90 Å². The number of fused-ring (bicyclic) bond motifs is 5. The van der Waals surface area contributed by atoms with Crippen molar-refractivity contribution in [3.63, 3.8) is 0 Å². The lowest BCUT2D eigenvalue weighted by atomic mass is 9.84. The summed E-state index contributed by atoms with van der Waals surface area (Å²) in [5.74, 6) is -1.95. The molecule has 0 saturated carbocycles. The molecule has 4 atom stereocenters. The van der Waals surface area contributed by atoms with E-state index in [-0.39, 0.29) is 23.6 Å².